The predicted molar refractivity (Wildman–Crippen MR) is 73.0 cm³/mol. The lowest BCUT2D eigenvalue weighted by molar-refractivity contribution is -0.0646. The van der Waals surface area contributed by atoms with Gasteiger partial charge in [-0.05, 0) is 49.9 Å². The molecule has 3 heteroatoms. The molecule has 1 unspecified atom stereocenters. The van der Waals surface area contributed by atoms with Gasteiger partial charge in [-0.1, -0.05) is 19.9 Å². The van der Waals surface area contributed by atoms with Crippen LogP contribution in [0.2, 0.25) is 0 Å². The molecule has 0 radical (unpaired) electrons. The van der Waals surface area contributed by atoms with E-state index in [0.717, 1.165) is 24.0 Å². The van der Waals surface area contributed by atoms with Crippen molar-refractivity contribution in [3.05, 3.63) is 35.1 Å². The van der Waals surface area contributed by atoms with Crippen LogP contribution in [0.1, 0.15) is 50.8 Å². The molecule has 1 rings (SSSR count). The quantitative estimate of drug-likeness (QED) is 0.838. The van der Waals surface area contributed by atoms with Gasteiger partial charge in [0.2, 0.25) is 0 Å². The fourth-order valence-corrected chi connectivity index (χ4v) is 2.52. The minimum absolute atomic E-state index is 0.238. The molecule has 1 aromatic rings. The molecule has 0 aliphatic heterocycles. The molecular weight excluding hydrogens is 229 g/mol. The molecule has 0 fully saturated rings. The van der Waals surface area contributed by atoms with Crippen molar-refractivity contribution in [3.63, 3.8) is 0 Å². The van der Waals surface area contributed by atoms with Gasteiger partial charge in [0.1, 0.15) is 5.82 Å². The van der Waals surface area contributed by atoms with Crippen LogP contribution in [0.4, 0.5) is 4.39 Å². The van der Waals surface area contributed by atoms with Gasteiger partial charge < -0.3 is 10.5 Å². The molecule has 0 spiro atoms. The van der Waals surface area contributed by atoms with Gasteiger partial charge in [-0.2, -0.15) is 0 Å². The predicted octanol–water partition coefficient (Wildman–Crippen LogP) is 3.73. The Morgan fingerprint density at radius 2 is 1.83 bits per heavy atom. The van der Waals surface area contributed by atoms with Crippen molar-refractivity contribution >= 4 is 0 Å². The normalized spacial score (nSPS) is 13.7. The van der Waals surface area contributed by atoms with E-state index >= 15 is 0 Å². The van der Waals surface area contributed by atoms with Gasteiger partial charge in [-0.15, -0.1) is 0 Å². The van der Waals surface area contributed by atoms with Crippen molar-refractivity contribution in [1.82, 2.24) is 0 Å². The van der Waals surface area contributed by atoms with Gasteiger partial charge in [-0.25, -0.2) is 4.39 Å². The summed E-state index contributed by atoms with van der Waals surface area (Å²) in [6.07, 6.45) is 1.63. The summed E-state index contributed by atoms with van der Waals surface area (Å²) in [5.74, 6) is -0.238. The Kier molecular flexibility index (Phi) is 5.29. The molecule has 2 N–H and O–H groups in total. The molecule has 2 nitrogen and oxygen atoms in total. The van der Waals surface area contributed by atoms with Crippen LogP contribution < -0.4 is 5.73 Å². The molecule has 0 aliphatic rings. The van der Waals surface area contributed by atoms with E-state index in [-0.39, 0.29) is 11.9 Å². The Balaban J connectivity index is 3.12. The first-order valence-electron chi connectivity index (χ1n) is 6.65. The zero-order chi connectivity index (χ0) is 13.8. The fraction of sp³-hybridized carbons (Fsp3) is 0.600. The van der Waals surface area contributed by atoms with Gasteiger partial charge in [0.25, 0.3) is 0 Å². The molecule has 18 heavy (non-hydrogen) atoms. The van der Waals surface area contributed by atoms with Crippen molar-refractivity contribution in [2.45, 2.75) is 52.2 Å². The highest BCUT2D eigenvalue weighted by Gasteiger charge is 2.35. The van der Waals surface area contributed by atoms with E-state index in [1.807, 2.05) is 19.9 Å². The number of ether oxygens (including phenoxy) is 1. The zero-order valence-electron chi connectivity index (χ0n) is 11.8. The second-order valence-electron chi connectivity index (χ2n) is 4.74. The van der Waals surface area contributed by atoms with E-state index in [1.54, 1.807) is 0 Å². The second kappa shape index (κ2) is 6.30. The lowest BCUT2D eigenvalue weighted by atomic mass is 9.84. The topological polar surface area (TPSA) is 35.2 Å². The Morgan fingerprint density at radius 1 is 1.22 bits per heavy atom. The van der Waals surface area contributed by atoms with Crippen molar-refractivity contribution in [2.75, 3.05) is 6.61 Å². The number of halogens is 1. The third kappa shape index (κ3) is 3.09. The summed E-state index contributed by atoms with van der Waals surface area (Å²) in [6.45, 7) is 8.57. The van der Waals surface area contributed by atoms with Crippen LogP contribution >= 0.6 is 0 Å². The van der Waals surface area contributed by atoms with E-state index in [9.17, 15) is 4.39 Å². The van der Waals surface area contributed by atoms with Gasteiger partial charge in [0.15, 0.2) is 0 Å². The summed E-state index contributed by atoms with van der Waals surface area (Å²) in [5, 5.41) is 0. The summed E-state index contributed by atoms with van der Waals surface area (Å²) >= 11 is 0. The highest BCUT2D eigenvalue weighted by Crippen LogP contribution is 2.34. The van der Waals surface area contributed by atoms with Crippen molar-refractivity contribution in [2.24, 2.45) is 5.73 Å². The Labute approximate surface area is 109 Å². The summed E-state index contributed by atoms with van der Waals surface area (Å²) in [7, 11) is 0. The lowest BCUT2D eigenvalue weighted by Gasteiger charge is -2.37. The number of hydrogen-bond donors (Lipinski definition) is 1. The summed E-state index contributed by atoms with van der Waals surface area (Å²) in [5.41, 5.74) is 7.62. The molecular formula is C15H24FNO. The maximum absolute atomic E-state index is 13.5. The molecule has 0 saturated carbocycles. The standard InChI is InChI=1S/C15H24FNO/c1-5-15(6-2,18-7-3)14(17)12-8-11(4)9-13(16)10-12/h8-10,14H,5-7,17H2,1-4H3. The number of aryl methyl sites for hydroxylation is 1. The highest BCUT2D eigenvalue weighted by molar-refractivity contribution is 5.28. The molecule has 0 aromatic heterocycles. The zero-order valence-corrected chi connectivity index (χ0v) is 11.8. The minimum atomic E-state index is -0.408. The van der Waals surface area contributed by atoms with Gasteiger partial charge in [-0.3, -0.25) is 0 Å². The molecule has 0 saturated heterocycles. The molecule has 0 amide bonds. The molecule has 0 heterocycles. The fourth-order valence-electron chi connectivity index (χ4n) is 2.52. The van der Waals surface area contributed by atoms with Crippen molar-refractivity contribution in [1.29, 1.82) is 0 Å². The first-order chi connectivity index (χ1) is 8.49. The van der Waals surface area contributed by atoms with E-state index in [1.165, 1.54) is 12.1 Å². The first-order valence-corrected chi connectivity index (χ1v) is 6.65. The summed E-state index contributed by atoms with van der Waals surface area (Å²) in [6, 6.07) is 4.65. The molecule has 0 bridgehead atoms. The van der Waals surface area contributed by atoms with Gasteiger partial charge in [0.05, 0.1) is 11.6 Å². The van der Waals surface area contributed by atoms with Crippen LogP contribution in [0.15, 0.2) is 18.2 Å². The third-order valence-corrected chi connectivity index (χ3v) is 3.62. The number of hydrogen-bond acceptors (Lipinski definition) is 2. The van der Waals surface area contributed by atoms with Crippen LogP contribution in [-0.2, 0) is 4.74 Å². The Morgan fingerprint density at radius 3 is 2.28 bits per heavy atom. The monoisotopic (exact) mass is 253 g/mol. The Hall–Kier alpha value is -0.930. The van der Waals surface area contributed by atoms with Crippen LogP contribution in [0.25, 0.3) is 0 Å². The number of rotatable bonds is 6. The molecule has 1 atom stereocenters. The second-order valence-corrected chi connectivity index (χ2v) is 4.74. The average Bonchev–Trinajstić information content (AvgIpc) is 2.34. The molecule has 102 valence electrons. The summed E-state index contributed by atoms with van der Waals surface area (Å²) in [4.78, 5) is 0. The largest absolute Gasteiger partial charge is 0.373 e. The highest BCUT2D eigenvalue weighted by atomic mass is 19.1. The maximum atomic E-state index is 13.5. The van der Waals surface area contributed by atoms with E-state index in [4.69, 9.17) is 10.5 Å². The van der Waals surface area contributed by atoms with E-state index in [0.29, 0.717) is 6.61 Å². The van der Waals surface area contributed by atoms with Crippen LogP contribution in [0.3, 0.4) is 0 Å². The minimum Gasteiger partial charge on any atom is -0.373 e. The number of nitrogens with two attached hydrogens (primary N) is 1. The van der Waals surface area contributed by atoms with Crippen LogP contribution in [0, 0.1) is 12.7 Å². The Bertz CT molecular complexity index is 368. The maximum Gasteiger partial charge on any atom is 0.123 e. The smallest absolute Gasteiger partial charge is 0.123 e. The summed E-state index contributed by atoms with van der Waals surface area (Å²) < 4.78 is 19.4. The van der Waals surface area contributed by atoms with Gasteiger partial charge in [0, 0.05) is 6.61 Å². The lowest BCUT2D eigenvalue weighted by Crippen LogP contribution is -2.43. The third-order valence-electron chi connectivity index (χ3n) is 3.62. The van der Waals surface area contributed by atoms with Crippen LogP contribution in [-0.4, -0.2) is 12.2 Å². The van der Waals surface area contributed by atoms with Crippen molar-refractivity contribution in [3.8, 4) is 0 Å². The van der Waals surface area contributed by atoms with Crippen LogP contribution in [0.5, 0.6) is 0 Å². The van der Waals surface area contributed by atoms with E-state index in [2.05, 4.69) is 13.8 Å². The first kappa shape index (κ1) is 15.1. The average molecular weight is 253 g/mol. The van der Waals surface area contributed by atoms with Gasteiger partial charge >= 0.3 is 0 Å². The SMILES string of the molecule is CCOC(CC)(CC)C(N)c1cc(C)cc(F)c1. The van der Waals surface area contributed by atoms with E-state index < -0.39 is 5.60 Å². The van der Waals surface area contributed by atoms with Crippen molar-refractivity contribution < 1.29 is 9.13 Å². The molecule has 0 aliphatic carbocycles. The molecule has 1 aromatic carbocycles. The number of benzene rings is 1.